The zero-order valence-corrected chi connectivity index (χ0v) is 10.8. The van der Waals surface area contributed by atoms with E-state index < -0.39 is 0 Å². The first kappa shape index (κ1) is 10.4. The molecule has 0 saturated heterocycles. The molecule has 2 unspecified atom stereocenters. The van der Waals surface area contributed by atoms with Crippen LogP contribution in [0.5, 0.6) is 0 Å². The lowest BCUT2D eigenvalue weighted by Gasteiger charge is -2.59. The van der Waals surface area contributed by atoms with Crippen LogP contribution in [-0.4, -0.2) is 10.1 Å². The molecule has 4 saturated carbocycles. The Morgan fingerprint density at radius 2 is 1.94 bits per heavy atom. The number of nitrogens with zero attached hydrogens (tertiary/aromatic N) is 2. The summed E-state index contributed by atoms with van der Waals surface area (Å²) in [6.07, 6.45) is 7.89. The van der Waals surface area contributed by atoms with Gasteiger partial charge in [0.15, 0.2) is 0 Å². The molecule has 17 heavy (non-hydrogen) atoms. The van der Waals surface area contributed by atoms with Gasteiger partial charge in [0.2, 0.25) is 5.89 Å². The van der Waals surface area contributed by atoms with Crippen LogP contribution >= 0.6 is 11.6 Å². The molecule has 2 atom stereocenters. The third-order valence-electron chi connectivity index (χ3n) is 5.21. The second-order valence-corrected chi connectivity index (χ2v) is 7.26. The predicted octanol–water partition coefficient (Wildman–Crippen LogP) is 3.58. The van der Waals surface area contributed by atoms with E-state index in [2.05, 4.69) is 17.1 Å². The van der Waals surface area contributed by atoms with E-state index in [4.69, 9.17) is 16.1 Å². The highest BCUT2D eigenvalue weighted by molar-refractivity contribution is 6.28. The summed E-state index contributed by atoms with van der Waals surface area (Å²) in [7, 11) is 0. The van der Waals surface area contributed by atoms with Crippen molar-refractivity contribution in [2.45, 2.75) is 50.9 Å². The molecular weight excluding hydrogens is 236 g/mol. The van der Waals surface area contributed by atoms with Crippen molar-refractivity contribution in [1.29, 1.82) is 0 Å². The molecule has 1 aromatic heterocycles. The van der Waals surface area contributed by atoms with Gasteiger partial charge >= 0.3 is 0 Å². The van der Waals surface area contributed by atoms with E-state index in [1.165, 1.54) is 38.5 Å². The van der Waals surface area contributed by atoms with Gasteiger partial charge in [-0.05, 0) is 72.5 Å². The summed E-state index contributed by atoms with van der Waals surface area (Å²) >= 11 is 5.82. The third kappa shape index (κ3) is 1.41. The van der Waals surface area contributed by atoms with Gasteiger partial charge in [0, 0.05) is 0 Å². The molecule has 4 bridgehead atoms. The largest absolute Gasteiger partial charge is 0.337 e. The van der Waals surface area contributed by atoms with Gasteiger partial charge in [-0.2, -0.15) is 4.98 Å². The molecular formula is C13H17ClN2O. The second-order valence-electron chi connectivity index (χ2n) is 6.92. The summed E-state index contributed by atoms with van der Waals surface area (Å²) in [6, 6.07) is 0. The van der Waals surface area contributed by atoms with E-state index in [1.807, 2.05) is 0 Å². The second kappa shape index (κ2) is 3.05. The molecule has 3 nitrogen and oxygen atoms in total. The van der Waals surface area contributed by atoms with Gasteiger partial charge in [-0.15, -0.1) is 0 Å². The average Bonchev–Trinajstić information content (AvgIpc) is 2.61. The number of aromatic nitrogens is 2. The highest BCUT2D eigenvalue weighted by Crippen LogP contribution is 2.65. The first-order chi connectivity index (χ1) is 8.07. The van der Waals surface area contributed by atoms with E-state index >= 15 is 0 Å². The molecule has 0 aromatic carbocycles. The summed E-state index contributed by atoms with van der Waals surface area (Å²) in [5, 5.41) is 4.04. The highest BCUT2D eigenvalue weighted by Gasteiger charge is 2.58. The fourth-order valence-corrected chi connectivity index (χ4v) is 5.50. The Labute approximate surface area is 106 Å². The Balaban J connectivity index is 1.79. The van der Waals surface area contributed by atoms with Crippen LogP contribution < -0.4 is 0 Å². The van der Waals surface area contributed by atoms with Gasteiger partial charge < -0.3 is 4.52 Å². The molecule has 0 spiro atoms. The number of hydrogen-bond donors (Lipinski definition) is 0. The maximum atomic E-state index is 5.82. The summed E-state index contributed by atoms with van der Waals surface area (Å²) in [4.78, 5) is 4.32. The zero-order chi connectivity index (χ0) is 11.7. The number of halogens is 1. The summed E-state index contributed by atoms with van der Waals surface area (Å²) in [5.41, 5.74) is 0.657. The van der Waals surface area contributed by atoms with E-state index in [9.17, 15) is 0 Å². The first-order valence-electron chi connectivity index (χ1n) is 6.57. The summed E-state index contributed by atoms with van der Waals surface area (Å²) < 4.78 is 5.40. The molecule has 0 N–H and O–H groups in total. The van der Waals surface area contributed by atoms with Crippen molar-refractivity contribution in [2.75, 3.05) is 0 Å². The molecule has 5 rings (SSSR count). The monoisotopic (exact) mass is 252 g/mol. The molecule has 4 aliphatic rings. The summed E-state index contributed by atoms with van der Waals surface area (Å²) in [6.45, 7) is 2.44. The van der Waals surface area contributed by atoms with Crippen LogP contribution in [0.1, 0.15) is 51.3 Å². The molecule has 4 heteroatoms. The molecule has 1 aromatic rings. The van der Waals surface area contributed by atoms with Crippen molar-refractivity contribution in [2.24, 2.45) is 17.3 Å². The molecule has 0 aliphatic heterocycles. The average molecular weight is 253 g/mol. The van der Waals surface area contributed by atoms with E-state index in [0.717, 1.165) is 17.7 Å². The van der Waals surface area contributed by atoms with Gasteiger partial charge in [-0.3, -0.25) is 0 Å². The molecule has 0 amide bonds. The van der Waals surface area contributed by atoms with Crippen molar-refractivity contribution >= 4 is 11.6 Å². The quantitative estimate of drug-likeness (QED) is 0.767. The van der Waals surface area contributed by atoms with Crippen molar-refractivity contribution < 1.29 is 4.52 Å². The molecule has 4 fully saturated rings. The molecule has 4 aliphatic carbocycles. The van der Waals surface area contributed by atoms with Gasteiger partial charge in [0.05, 0.1) is 5.41 Å². The highest BCUT2D eigenvalue weighted by atomic mass is 35.5. The summed E-state index contributed by atoms with van der Waals surface area (Å²) in [5.74, 6) is 2.54. The fourth-order valence-electron chi connectivity index (χ4n) is 5.39. The smallest absolute Gasteiger partial charge is 0.263 e. The topological polar surface area (TPSA) is 38.9 Å². The van der Waals surface area contributed by atoms with E-state index in [-0.39, 0.29) is 10.7 Å². The standard InChI is InChI=1S/C13H17ClN2O/c1-12-3-8-2-9(4-12)6-13(5-8,7-12)10-15-11(14)16-17-10/h8-9H,2-7H2,1H3. The van der Waals surface area contributed by atoms with E-state index in [0.29, 0.717) is 5.41 Å². The molecule has 92 valence electrons. The van der Waals surface area contributed by atoms with Crippen molar-refractivity contribution in [3.63, 3.8) is 0 Å². The predicted molar refractivity (Wildman–Crippen MR) is 63.8 cm³/mol. The van der Waals surface area contributed by atoms with Crippen molar-refractivity contribution in [3.8, 4) is 0 Å². The fraction of sp³-hybridized carbons (Fsp3) is 0.846. The Morgan fingerprint density at radius 1 is 1.24 bits per heavy atom. The minimum absolute atomic E-state index is 0.152. The van der Waals surface area contributed by atoms with E-state index in [1.54, 1.807) is 0 Å². The lowest BCUT2D eigenvalue weighted by atomic mass is 9.44. The van der Waals surface area contributed by atoms with Crippen LogP contribution in [0.4, 0.5) is 0 Å². The van der Waals surface area contributed by atoms with Crippen LogP contribution in [0.2, 0.25) is 5.28 Å². The van der Waals surface area contributed by atoms with Crippen LogP contribution in [0.3, 0.4) is 0 Å². The maximum Gasteiger partial charge on any atom is 0.263 e. The zero-order valence-electron chi connectivity index (χ0n) is 10.1. The van der Waals surface area contributed by atoms with Crippen LogP contribution in [0.25, 0.3) is 0 Å². The molecule has 0 radical (unpaired) electrons. The first-order valence-corrected chi connectivity index (χ1v) is 6.95. The number of rotatable bonds is 1. The maximum absolute atomic E-state index is 5.82. The lowest BCUT2D eigenvalue weighted by Crippen LogP contribution is -2.53. The lowest BCUT2D eigenvalue weighted by molar-refractivity contribution is -0.0724. The SMILES string of the molecule is CC12CC3CC(C1)CC(c1nc(Cl)no1)(C3)C2. The Kier molecular flexibility index (Phi) is 1.86. The van der Waals surface area contributed by atoms with Gasteiger partial charge in [0.1, 0.15) is 0 Å². The minimum Gasteiger partial charge on any atom is -0.337 e. The number of hydrogen-bond acceptors (Lipinski definition) is 3. The Bertz CT molecular complexity index is 456. The van der Waals surface area contributed by atoms with Gasteiger partial charge in [-0.25, -0.2) is 0 Å². The van der Waals surface area contributed by atoms with Crippen LogP contribution in [0.15, 0.2) is 4.52 Å². The van der Waals surface area contributed by atoms with Crippen molar-refractivity contribution in [3.05, 3.63) is 11.2 Å². The van der Waals surface area contributed by atoms with Crippen LogP contribution in [0, 0.1) is 17.3 Å². The third-order valence-corrected chi connectivity index (χ3v) is 5.36. The minimum atomic E-state index is 0.152. The van der Waals surface area contributed by atoms with Crippen LogP contribution in [-0.2, 0) is 5.41 Å². The van der Waals surface area contributed by atoms with Crippen molar-refractivity contribution in [1.82, 2.24) is 10.1 Å². The van der Waals surface area contributed by atoms with Gasteiger partial charge in [-0.1, -0.05) is 6.92 Å². The molecule has 1 heterocycles. The van der Waals surface area contributed by atoms with Gasteiger partial charge in [0.25, 0.3) is 5.28 Å². The Morgan fingerprint density at radius 3 is 2.47 bits per heavy atom. The normalized spacial score (nSPS) is 47.6. The Hall–Kier alpha value is -0.570.